The Morgan fingerprint density at radius 2 is 2.17 bits per heavy atom. The molecular weight excluding hydrogens is 292 g/mol. The summed E-state index contributed by atoms with van der Waals surface area (Å²) in [6, 6.07) is 0. The third-order valence-electron chi connectivity index (χ3n) is 4.95. The largest absolute Gasteiger partial charge is 0.368 e. The third kappa shape index (κ3) is 2.82. The van der Waals surface area contributed by atoms with Crippen LogP contribution >= 0.6 is 0 Å². The van der Waals surface area contributed by atoms with E-state index in [1.54, 1.807) is 6.20 Å². The zero-order valence-corrected chi connectivity index (χ0v) is 13.2. The van der Waals surface area contributed by atoms with Crippen LogP contribution in [-0.2, 0) is 23.2 Å². The Kier molecular flexibility index (Phi) is 3.74. The van der Waals surface area contributed by atoms with Gasteiger partial charge in [0.15, 0.2) is 0 Å². The minimum atomic E-state index is -0.272. The van der Waals surface area contributed by atoms with Gasteiger partial charge >= 0.3 is 0 Å². The number of likely N-dealkylation sites (tertiary alicyclic amines) is 1. The first-order valence-electron chi connectivity index (χ1n) is 8.22. The summed E-state index contributed by atoms with van der Waals surface area (Å²) >= 11 is 0. The predicted molar refractivity (Wildman–Crippen MR) is 85.7 cm³/mol. The quantitative estimate of drug-likeness (QED) is 0.874. The number of nitrogens with zero attached hydrogens (tertiary/aromatic N) is 4. The van der Waals surface area contributed by atoms with Gasteiger partial charge in [0.05, 0.1) is 12.3 Å². The van der Waals surface area contributed by atoms with Gasteiger partial charge in [-0.1, -0.05) is 0 Å². The van der Waals surface area contributed by atoms with Crippen LogP contribution in [0.15, 0.2) is 18.6 Å². The number of rotatable bonds is 3. The summed E-state index contributed by atoms with van der Waals surface area (Å²) in [5, 5.41) is 0. The fraction of sp³-hybridized carbons (Fsp3) is 0.562. The van der Waals surface area contributed by atoms with Crippen molar-refractivity contribution >= 4 is 5.95 Å². The zero-order chi connectivity index (χ0) is 15.7. The summed E-state index contributed by atoms with van der Waals surface area (Å²) < 4.78 is 6.20. The average molecular weight is 314 g/mol. The van der Waals surface area contributed by atoms with Crippen LogP contribution in [0.5, 0.6) is 0 Å². The van der Waals surface area contributed by atoms with Gasteiger partial charge in [-0.25, -0.2) is 15.0 Å². The second-order valence-electron chi connectivity index (χ2n) is 6.32. The fourth-order valence-corrected chi connectivity index (χ4v) is 3.64. The first-order chi connectivity index (χ1) is 11.3. The summed E-state index contributed by atoms with van der Waals surface area (Å²) in [6.07, 6.45) is 9.27. The van der Waals surface area contributed by atoms with Crippen molar-refractivity contribution in [3.63, 3.8) is 0 Å². The minimum Gasteiger partial charge on any atom is -0.368 e. The van der Waals surface area contributed by atoms with E-state index in [0.717, 1.165) is 63.4 Å². The molecule has 4 rings (SSSR count). The second-order valence-corrected chi connectivity index (χ2v) is 6.32. The number of aromatic amines is 1. The zero-order valence-electron chi connectivity index (χ0n) is 13.2. The Bertz CT molecular complexity index is 663. The molecule has 7 heteroatoms. The Balaban J connectivity index is 1.44. The normalized spacial score (nSPS) is 20.5. The van der Waals surface area contributed by atoms with Crippen molar-refractivity contribution < 1.29 is 4.74 Å². The Labute approximate surface area is 135 Å². The van der Waals surface area contributed by atoms with Crippen molar-refractivity contribution in [2.75, 3.05) is 32.0 Å². The van der Waals surface area contributed by atoms with Crippen LogP contribution in [0.2, 0.25) is 0 Å². The molecule has 2 aromatic rings. The van der Waals surface area contributed by atoms with Crippen molar-refractivity contribution in [2.45, 2.75) is 31.3 Å². The molecule has 0 unspecified atom stereocenters. The summed E-state index contributed by atoms with van der Waals surface area (Å²) in [5.41, 5.74) is 7.74. The molecule has 1 fully saturated rings. The molecule has 0 saturated carbocycles. The van der Waals surface area contributed by atoms with Crippen LogP contribution in [0.3, 0.4) is 0 Å². The highest BCUT2D eigenvalue weighted by molar-refractivity contribution is 5.32. The number of hydrogen-bond acceptors (Lipinski definition) is 6. The molecule has 2 aliphatic rings. The maximum atomic E-state index is 6.20. The lowest BCUT2D eigenvalue weighted by molar-refractivity contribution is -0.101. The van der Waals surface area contributed by atoms with E-state index in [1.165, 1.54) is 5.56 Å². The van der Waals surface area contributed by atoms with Gasteiger partial charge in [-0.15, -0.1) is 0 Å². The Morgan fingerprint density at radius 3 is 2.96 bits per heavy atom. The summed E-state index contributed by atoms with van der Waals surface area (Å²) in [6.45, 7) is 3.77. The van der Waals surface area contributed by atoms with E-state index >= 15 is 0 Å². The molecule has 1 spiro atoms. The number of fused-ring (bicyclic) bond motifs is 2. The molecule has 0 bridgehead atoms. The molecule has 23 heavy (non-hydrogen) atoms. The molecular formula is C16H22N6O. The highest BCUT2D eigenvalue weighted by Crippen LogP contribution is 2.40. The van der Waals surface area contributed by atoms with Crippen molar-refractivity contribution in [1.29, 1.82) is 0 Å². The first kappa shape index (κ1) is 14.6. The van der Waals surface area contributed by atoms with Crippen LogP contribution in [-0.4, -0.2) is 51.1 Å². The molecule has 122 valence electrons. The van der Waals surface area contributed by atoms with Gasteiger partial charge < -0.3 is 20.4 Å². The molecule has 2 aliphatic heterocycles. The second kappa shape index (κ2) is 5.90. The monoisotopic (exact) mass is 314 g/mol. The van der Waals surface area contributed by atoms with Gasteiger partial charge in [-0.3, -0.25) is 0 Å². The van der Waals surface area contributed by atoms with Crippen molar-refractivity contribution in [2.24, 2.45) is 0 Å². The van der Waals surface area contributed by atoms with Gasteiger partial charge in [-0.05, 0) is 24.8 Å². The lowest BCUT2D eigenvalue weighted by Gasteiger charge is -2.44. The molecule has 7 nitrogen and oxygen atoms in total. The summed E-state index contributed by atoms with van der Waals surface area (Å²) in [5.74, 6) is 1.39. The number of imidazole rings is 1. The van der Waals surface area contributed by atoms with Gasteiger partial charge in [0.25, 0.3) is 0 Å². The predicted octanol–water partition coefficient (Wildman–Crippen LogP) is 0.888. The van der Waals surface area contributed by atoms with E-state index in [2.05, 4.69) is 24.8 Å². The van der Waals surface area contributed by atoms with Gasteiger partial charge in [0, 0.05) is 44.6 Å². The molecule has 0 aromatic carbocycles. The number of hydrogen-bond donors (Lipinski definition) is 2. The van der Waals surface area contributed by atoms with Gasteiger partial charge in [0.2, 0.25) is 5.95 Å². The van der Waals surface area contributed by atoms with Crippen molar-refractivity contribution in [1.82, 2.24) is 24.8 Å². The van der Waals surface area contributed by atoms with Crippen LogP contribution in [0, 0.1) is 0 Å². The molecule has 1 saturated heterocycles. The molecule has 3 N–H and O–H groups in total. The van der Waals surface area contributed by atoms with Crippen molar-refractivity contribution in [3.8, 4) is 0 Å². The molecule has 4 heterocycles. The third-order valence-corrected chi connectivity index (χ3v) is 4.95. The first-order valence-corrected chi connectivity index (χ1v) is 8.22. The van der Waals surface area contributed by atoms with Gasteiger partial charge in [-0.2, -0.15) is 0 Å². The standard InChI is InChI=1S/C16H22N6O/c17-15-20-11-12-2-10-23-16(14(12)21-15)3-8-22(9-4-16)7-1-13-18-5-6-19-13/h5-6,11H,1-4,7-10H2,(H,18,19)(H2,17,20,21). The number of H-pyrrole nitrogens is 1. The number of nitrogen functional groups attached to an aromatic ring is 1. The highest BCUT2D eigenvalue weighted by atomic mass is 16.5. The lowest BCUT2D eigenvalue weighted by Crippen LogP contribution is -2.47. The number of nitrogens with two attached hydrogens (primary N) is 1. The van der Waals surface area contributed by atoms with Crippen LogP contribution in [0.25, 0.3) is 0 Å². The van der Waals surface area contributed by atoms with E-state index in [4.69, 9.17) is 10.5 Å². The minimum absolute atomic E-state index is 0.272. The van der Waals surface area contributed by atoms with E-state index in [-0.39, 0.29) is 5.60 Å². The topological polar surface area (TPSA) is 93.0 Å². The Morgan fingerprint density at radius 1 is 1.30 bits per heavy atom. The highest BCUT2D eigenvalue weighted by Gasteiger charge is 2.42. The number of ether oxygens (including phenoxy) is 1. The van der Waals surface area contributed by atoms with Gasteiger partial charge in [0.1, 0.15) is 11.4 Å². The maximum Gasteiger partial charge on any atom is 0.220 e. The molecule has 0 amide bonds. The molecule has 0 radical (unpaired) electrons. The Hall–Kier alpha value is -1.99. The van der Waals surface area contributed by atoms with E-state index in [0.29, 0.717) is 5.95 Å². The maximum absolute atomic E-state index is 6.20. The molecule has 2 aromatic heterocycles. The number of aromatic nitrogens is 4. The van der Waals surface area contributed by atoms with E-state index < -0.39 is 0 Å². The van der Waals surface area contributed by atoms with E-state index in [1.807, 2.05) is 12.4 Å². The smallest absolute Gasteiger partial charge is 0.220 e. The van der Waals surface area contributed by atoms with Crippen molar-refractivity contribution in [3.05, 3.63) is 35.7 Å². The molecule has 0 atom stereocenters. The fourth-order valence-electron chi connectivity index (χ4n) is 3.64. The van der Waals surface area contributed by atoms with Crippen LogP contribution in [0.4, 0.5) is 5.95 Å². The van der Waals surface area contributed by atoms with Crippen LogP contribution in [0.1, 0.15) is 29.9 Å². The SMILES string of the molecule is Nc1ncc2c(n1)C1(CCN(CCc3ncc[nH]3)CC1)OCC2. The molecule has 0 aliphatic carbocycles. The van der Waals surface area contributed by atoms with Crippen LogP contribution < -0.4 is 5.73 Å². The summed E-state index contributed by atoms with van der Waals surface area (Å²) in [4.78, 5) is 18.6. The average Bonchev–Trinajstić information content (AvgIpc) is 3.09. The number of anilines is 1. The lowest BCUT2D eigenvalue weighted by atomic mass is 9.83. The number of nitrogens with one attached hydrogen (secondary N) is 1. The summed E-state index contributed by atoms with van der Waals surface area (Å²) in [7, 11) is 0. The number of piperidine rings is 1. The van der Waals surface area contributed by atoms with E-state index in [9.17, 15) is 0 Å².